The Hall–Kier alpha value is -3.60. The highest BCUT2D eigenvalue weighted by molar-refractivity contribution is 6.13. The van der Waals surface area contributed by atoms with E-state index in [0.717, 1.165) is 16.6 Å². The van der Waals surface area contributed by atoms with Gasteiger partial charge in [-0.25, -0.2) is 0 Å². The van der Waals surface area contributed by atoms with Crippen LogP contribution in [0.3, 0.4) is 0 Å². The Morgan fingerprint density at radius 3 is 1.86 bits per heavy atom. The highest BCUT2D eigenvalue weighted by Gasteiger charge is 2.20. The van der Waals surface area contributed by atoms with E-state index in [1.54, 1.807) is 19.2 Å². The number of para-hydroxylation sites is 2. The number of pyridine rings is 2. The third kappa shape index (κ3) is 1.96. The third-order valence-corrected chi connectivity index (χ3v) is 5.63. The predicted molar refractivity (Wildman–Crippen MR) is 114 cm³/mol. The lowest BCUT2D eigenvalue weighted by molar-refractivity contribution is 0.420. The molecule has 138 valence electrons. The summed E-state index contributed by atoms with van der Waals surface area (Å²) in [6.07, 6.45) is 0. The number of rotatable bonds is 1. The minimum Gasteiger partial charge on any atom is -0.496 e. The van der Waals surface area contributed by atoms with Crippen LogP contribution in [0.1, 0.15) is 0 Å². The minimum absolute atomic E-state index is 0.0818. The lowest BCUT2D eigenvalue weighted by atomic mass is 10.0. The molecule has 0 saturated carbocycles. The van der Waals surface area contributed by atoms with Crippen molar-refractivity contribution < 1.29 is 4.74 Å². The van der Waals surface area contributed by atoms with E-state index in [-0.39, 0.29) is 10.9 Å². The summed E-state index contributed by atoms with van der Waals surface area (Å²) in [6, 6.07) is 16.7. The second-order valence-corrected chi connectivity index (χ2v) is 7.01. The monoisotopic (exact) mass is 370 g/mol. The van der Waals surface area contributed by atoms with Crippen molar-refractivity contribution in [2.45, 2.75) is 0 Å². The fourth-order valence-corrected chi connectivity index (χ4v) is 4.27. The molecule has 0 N–H and O–H groups in total. The minimum atomic E-state index is -0.127. The third-order valence-electron chi connectivity index (χ3n) is 5.63. The van der Waals surface area contributed by atoms with Gasteiger partial charge in [-0.2, -0.15) is 0 Å². The number of ether oxygens (including phenoxy) is 1. The molecule has 0 atom stereocenters. The van der Waals surface area contributed by atoms with Crippen molar-refractivity contribution in [3.8, 4) is 5.75 Å². The lowest BCUT2D eigenvalue weighted by Crippen LogP contribution is -2.16. The molecular weight excluding hydrogens is 352 g/mol. The SMILES string of the molecule is COc1cc2c(c(=O)c3ccccc3n2C)c2c1c(=O)c1ccccc1n2C. The molecule has 3 aromatic carbocycles. The zero-order valence-electron chi connectivity index (χ0n) is 15.8. The number of benzene rings is 3. The first kappa shape index (κ1) is 16.6. The van der Waals surface area contributed by atoms with Gasteiger partial charge in [0.25, 0.3) is 0 Å². The number of fused-ring (bicyclic) bond motifs is 5. The molecular formula is C23H18N2O3. The number of hydrogen-bond acceptors (Lipinski definition) is 3. The predicted octanol–water partition coefficient (Wildman–Crippen LogP) is 3.71. The Balaban J connectivity index is 2.24. The summed E-state index contributed by atoms with van der Waals surface area (Å²) in [4.78, 5) is 26.8. The molecule has 0 aliphatic carbocycles. The quantitative estimate of drug-likeness (QED) is 0.334. The number of aromatic nitrogens is 2. The average Bonchev–Trinajstić information content (AvgIpc) is 2.74. The first-order valence-electron chi connectivity index (χ1n) is 9.04. The number of nitrogens with zero attached hydrogens (tertiary/aromatic N) is 2. The van der Waals surface area contributed by atoms with Gasteiger partial charge < -0.3 is 13.9 Å². The van der Waals surface area contributed by atoms with Gasteiger partial charge in [-0.05, 0) is 24.3 Å². The second kappa shape index (κ2) is 5.70. The van der Waals surface area contributed by atoms with Crippen molar-refractivity contribution in [1.82, 2.24) is 9.13 Å². The number of aryl methyl sites for hydroxylation is 2. The summed E-state index contributed by atoms with van der Waals surface area (Å²) in [5, 5.41) is 2.20. The Kier molecular flexibility index (Phi) is 3.37. The molecule has 28 heavy (non-hydrogen) atoms. The van der Waals surface area contributed by atoms with Crippen LogP contribution in [0, 0.1) is 0 Å². The van der Waals surface area contributed by atoms with Gasteiger partial charge in [0.2, 0.25) is 5.43 Å². The molecule has 0 bridgehead atoms. The van der Waals surface area contributed by atoms with Crippen molar-refractivity contribution in [2.75, 3.05) is 7.11 Å². The summed E-state index contributed by atoms with van der Waals surface area (Å²) in [7, 11) is 5.36. The van der Waals surface area contributed by atoms with Crippen LogP contribution < -0.4 is 15.6 Å². The van der Waals surface area contributed by atoms with Crippen LogP contribution in [0.5, 0.6) is 5.75 Å². The highest BCUT2D eigenvalue weighted by Crippen LogP contribution is 2.33. The molecule has 5 heteroatoms. The maximum atomic E-state index is 13.5. The van der Waals surface area contributed by atoms with E-state index in [1.807, 2.05) is 65.7 Å². The molecule has 0 saturated heterocycles. The van der Waals surface area contributed by atoms with Crippen molar-refractivity contribution >= 4 is 43.6 Å². The molecule has 5 aromatic rings. The Labute approximate surface area is 160 Å². The maximum absolute atomic E-state index is 13.5. The molecule has 5 rings (SSSR count). The van der Waals surface area contributed by atoms with Crippen LogP contribution in [0.15, 0.2) is 64.2 Å². The van der Waals surface area contributed by atoms with Crippen LogP contribution in [-0.2, 0) is 14.1 Å². The van der Waals surface area contributed by atoms with E-state index in [0.29, 0.717) is 32.8 Å². The van der Waals surface area contributed by atoms with E-state index in [2.05, 4.69) is 0 Å². The highest BCUT2D eigenvalue weighted by atomic mass is 16.5. The first-order valence-corrected chi connectivity index (χ1v) is 9.04. The van der Waals surface area contributed by atoms with Crippen LogP contribution in [0.25, 0.3) is 43.6 Å². The van der Waals surface area contributed by atoms with Crippen molar-refractivity contribution in [3.63, 3.8) is 0 Å². The Bertz CT molecular complexity index is 1560. The van der Waals surface area contributed by atoms with Gasteiger partial charge in [-0.1, -0.05) is 24.3 Å². The second-order valence-electron chi connectivity index (χ2n) is 7.01. The summed E-state index contributed by atoms with van der Waals surface area (Å²) >= 11 is 0. The normalized spacial score (nSPS) is 11.7. The maximum Gasteiger partial charge on any atom is 0.200 e. The molecule has 0 aliphatic rings. The molecule has 0 fully saturated rings. The van der Waals surface area contributed by atoms with Gasteiger partial charge in [-0.3, -0.25) is 9.59 Å². The van der Waals surface area contributed by atoms with Crippen molar-refractivity contribution in [3.05, 3.63) is 75.0 Å². The van der Waals surface area contributed by atoms with E-state index in [4.69, 9.17) is 4.74 Å². The molecule has 2 aromatic heterocycles. The van der Waals surface area contributed by atoms with Gasteiger partial charge in [0, 0.05) is 30.9 Å². The van der Waals surface area contributed by atoms with E-state index < -0.39 is 0 Å². The van der Waals surface area contributed by atoms with Crippen LogP contribution in [0.4, 0.5) is 0 Å². The fourth-order valence-electron chi connectivity index (χ4n) is 4.27. The van der Waals surface area contributed by atoms with E-state index in [1.165, 1.54) is 0 Å². The molecule has 0 amide bonds. The Morgan fingerprint density at radius 2 is 1.25 bits per heavy atom. The summed E-state index contributed by atoms with van der Waals surface area (Å²) in [5.74, 6) is 0.471. The lowest BCUT2D eigenvalue weighted by Gasteiger charge is -2.18. The van der Waals surface area contributed by atoms with Crippen molar-refractivity contribution in [1.29, 1.82) is 0 Å². The van der Waals surface area contributed by atoms with Gasteiger partial charge in [0.15, 0.2) is 5.43 Å². The van der Waals surface area contributed by atoms with Crippen LogP contribution in [-0.4, -0.2) is 16.2 Å². The number of hydrogen-bond donors (Lipinski definition) is 0. The van der Waals surface area contributed by atoms with E-state index >= 15 is 0 Å². The van der Waals surface area contributed by atoms with Crippen LogP contribution in [0.2, 0.25) is 0 Å². The van der Waals surface area contributed by atoms with Gasteiger partial charge in [0.05, 0.1) is 39.9 Å². The number of methoxy groups -OCH3 is 1. The summed E-state index contributed by atoms with van der Waals surface area (Å²) in [5.41, 5.74) is 2.75. The molecule has 0 spiro atoms. The van der Waals surface area contributed by atoms with Crippen LogP contribution >= 0.6 is 0 Å². The molecule has 0 aliphatic heterocycles. The largest absolute Gasteiger partial charge is 0.496 e. The van der Waals surface area contributed by atoms with Gasteiger partial charge >= 0.3 is 0 Å². The topological polar surface area (TPSA) is 53.2 Å². The first-order chi connectivity index (χ1) is 13.5. The molecule has 0 radical (unpaired) electrons. The van der Waals surface area contributed by atoms with Gasteiger partial charge in [0.1, 0.15) is 5.75 Å². The molecule has 5 nitrogen and oxygen atoms in total. The Morgan fingerprint density at radius 1 is 0.714 bits per heavy atom. The molecule has 0 unspecified atom stereocenters. The fraction of sp³-hybridized carbons (Fsp3) is 0.130. The standard InChI is InChI=1S/C23H18N2O3/c1-24-15-10-6-4-8-13(15)22(26)19-17(24)12-18(28-3)20-21(19)25(2)16-11-7-5-9-14(16)23(20)27/h4-12H,1-3H3. The zero-order valence-corrected chi connectivity index (χ0v) is 15.8. The van der Waals surface area contributed by atoms with E-state index in [9.17, 15) is 9.59 Å². The average molecular weight is 370 g/mol. The smallest absolute Gasteiger partial charge is 0.200 e. The zero-order chi connectivity index (χ0) is 19.6. The van der Waals surface area contributed by atoms with Crippen molar-refractivity contribution in [2.24, 2.45) is 14.1 Å². The summed E-state index contributed by atoms with van der Waals surface area (Å²) < 4.78 is 9.50. The summed E-state index contributed by atoms with van der Waals surface area (Å²) in [6.45, 7) is 0. The van der Waals surface area contributed by atoms with Gasteiger partial charge in [-0.15, -0.1) is 0 Å². The molecule has 2 heterocycles.